The van der Waals surface area contributed by atoms with E-state index in [1.54, 1.807) is 13.2 Å². The first-order chi connectivity index (χ1) is 10.7. The Morgan fingerprint density at radius 2 is 1.87 bits per heavy atom. The molecule has 2 aromatic rings. The number of halogens is 3. The zero-order valence-electron chi connectivity index (χ0n) is 11.9. The predicted molar refractivity (Wildman–Crippen MR) is 73.9 cm³/mol. The van der Waals surface area contributed by atoms with Crippen molar-refractivity contribution in [2.75, 3.05) is 4.90 Å². The largest absolute Gasteiger partial charge is 0.478 e. The maximum Gasteiger partial charge on any atom is 0.471 e. The number of aryl methyl sites for hydroxylation is 1. The van der Waals surface area contributed by atoms with Crippen LogP contribution in [0.1, 0.15) is 16.2 Å². The van der Waals surface area contributed by atoms with E-state index in [1.165, 1.54) is 10.8 Å². The molecular formula is C14H12F3N3O3. The molecule has 0 radical (unpaired) electrons. The third-order valence-corrected chi connectivity index (χ3v) is 3.13. The first-order valence-corrected chi connectivity index (χ1v) is 6.38. The zero-order chi connectivity index (χ0) is 17.2. The number of benzene rings is 1. The molecule has 9 heteroatoms. The number of imidazole rings is 1. The molecule has 1 N–H and O–H groups in total. The van der Waals surface area contributed by atoms with Gasteiger partial charge in [0.2, 0.25) is 0 Å². The molecular weight excluding hydrogens is 315 g/mol. The lowest BCUT2D eigenvalue weighted by atomic mass is 10.2. The number of aromatic carboxylic acids is 1. The molecule has 1 aromatic heterocycles. The Bertz CT molecular complexity index is 723. The summed E-state index contributed by atoms with van der Waals surface area (Å²) >= 11 is 0. The number of carboxylic acid groups (broad SMARTS) is 1. The van der Waals surface area contributed by atoms with Gasteiger partial charge in [-0.2, -0.15) is 13.2 Å². The minimum absolute atomic E-state index is 0.0691. The number of anilines is 1. The van der Waals surface area contributed by atoms with Crippen LogP contribution in [0.3, 0.4) is 0 Å². The topological polar surface area (TPSA) is 75.4 Å². The van der Waals surface area contributed by atoms with Crippen LogP contribution in [-0.2, 0) is 18.4 Å². The van der Waals surface area contributed by atoms with Crippen LogP contribution in [-0.4, -0.2) is 32.7 Å². The van der Waals surface area contributed by atoms with Gasteiger partial charge in [0.1, 0.15) is 5.82 Å². The molecule has 0 saturated heterocycles. The predicted octanol–water partition coefficient (Wildman–Crippen LogP) is 2.21. The summed E-state index contributed by atoms with van der Waals surface area (Å²) in [5.74, 6) is -3.01. The van der Waals surface area contributed by atoms with Gasteiger partial charge in [0.05, 0.1) is 12.1 Å². The Kier molecular flexibility index (Phi) is 4.39. The Morgan fingerprint density at radius 3 is 2.30 bits per heavy atom. The van der Waals surface area contributed by atoms with E-state index < -0.39 is 24.6 Å². The number of nitrogens with zero attached hydrogens (tertiary/aromatic N) is 3. The van der Waals surface area contributed by atoms with Gasteiger partial charge in [-0.1, -0.05) is 0 Å². The zero-order valence-corrected chi connectivity index (χ0v) is 11.9. The molecule has 1 amide bonds. The molecule has 0 aliphatic carbocycles. The van der Waals surface area contributed by atoms with Crippen molar-refractivity contribution in [1.82, 2.24) is 9.55 Å². The van der Waals surface area contributed by atoms with E-state index in [-0.39, 0.29) is 17.1 Å². The summed E-state index contributed by atoms with van der Waals surface area (Å²) in [7, 11) is 1.59. The van der Waals surface area contributed by atoms with Gasteiger partial charge >= 0.3 is 18.1 Å². The number of alkyl halides is 3. The van der Waals surface area contributed by atoms with Gasteiger partial charge in [0.25, 0.3) is 0 Å². The molecule has 1 aromatic carbocycles. The fourth-order valence-electron chi connectivity index (χ4n) is 1.91. The van der Waals surface area contributed by atoms with E-state index in [1.807, 2.05) is 0 Å². The van der Waals surface area contributed by atoms with Crippen LogP contribution in [0.5, 0.6) is 0 Å². The lowest BCUT2D eigenvalue weighted by molar-refractivity contribution is -0.170. The van der Waals surface area contributed by atoms with Gasteiger partial charge in [0, 0.05) is 25.1 Å². The van der Waals surface area contributed by atoms with Crippen LogP contribution in [0.2, 0.25) is 0 Å². The van der Waals surface area contributed by atoms with Gasteiger partial charge < -0.3 is 9.67 Å². The number of aromatic nitrogens is 2. The van der Waals surface area contributed by atoms with E-state index in [0.29, 0.717) is 4.90 Å². The van der Waals surface area contributed by atoms with E-state index in [9.17, 15) is 22.8 Å². The molecule has 122 valence electrons. The molecule has 0 saturated carbocycles. The number of carboxylic acids is 1. The van der Waals surface area contributed by atoms with Gasteiger partial charge in [-0.25, -0.2) is 9.78 Å². The van der Waals surface area contributed by atoms with Crippen LogP contribution < -0.4 is 4.90 Å². The fourth-order valence-corrected chi connectivity index (χ4v) is 1.91. The lowest BCUT2D eigenvalue weighted by Crippen LogP contribution is -2.41. The molecule has 0 aliphatic rings. The SMILES string of the molecule is Cn1ccnc1CN(C(=O)C(F)(F)F)c1ccc(C(=O)O)cc1. The second-order valence-electron chi connectivity index (χ2n) is 4.70. The van der Waals surface area contributed by atoms with Crippen LogP contribution in [0.15, 0.2) is 36.7 Å². The third kappa shape index (κ3) is 3.68. The van der Waals surface area contributed by atoms with Crippen molar-refractivity contribution < 1.29 is 27.9 Å². The highest BCUT2D eigenvalue weighted by Crippen LogP contribution is 2.25. The molecule has 2 rings (SSSR count). The second kappa shape index (κ2) is 6.11. The molecule has 1 heterocycles. The van der Waals surface area contributed by atoms with E-state index in [4.69, 9.17) is 5.11 Å². The van der Waals surface area contributed by atoms with Gasteiger partial charge in [-0.3, -0.25) is 9.69 Å². The summed E-state index contributed by atoms with van der Waals surface area (Å²) in [6.45, 7) is -0.395. The van der Waals surface area contributed by atoms with E-state index >= 15 is 0 Å². The van der Waals surface area contributed by atoms with Crippen molar-refractivity contribution in [1.29, 1.82) is 0 Å². The Balaban J connectivity index is 2.38. The fraction of sp³-hybridized carbons (Fsp3) is 0.214. The number of hydrogen-bond acceptors (Lipinski definition) is 3. The average molecular weight is 327 g/mol. The monoisotopic (exact) mass is 327 g/mol. The van der Waals surface area contributed by atoms with Crippen LogP contribution in [0, 0.1) is 0 Å². The lowest BCUT2D eigenvalue weighted by Gasteiger charge is -2.23. The smallest absolute Gasteiger partial charge is 0.471 e. The summed E-state index contributed by atoms with van der Waals surface area (Å²) in [5, 5.41) is 8.82. The van der Waals surface area contributed by atoms with E-state index in [0.717, 1.165) is 24.3 Å². The Labute approximate surface area is 128 Å². The number of amides is 1. The van der Waals surface area contributed by atoms with Gasteiger partial charge in [0.15, 0.2) is 0 Å². The first-order valence-electron chi connectivity index (χ1n) is 6.38. The van der Waals surface area contributed by atoms with Gasteiger partial charge in [-0.05, 0) is 24.3 Å². The number of hydrogen-bond donors (Lipinski definition) is 1. The van der Waals surface area contributed by atoms with Crippen molar-refractivity contribution in [2.45, 2.75) is 12.7 Å². The Morgan fingerprint density at radius 1 is 1.26 bits per heavy atom. The highest BCUT2D eigenvalue weighted by Gasteiger charge is 2.43. The standard InChI is InChI=1S/C14H12F3N3O3/c1-19-7-6-18-11(19)8-20(13(23)14(15,16)17)10-4-2-9(3-5-10)12(21)22/h2-7H,8H2,1H3,(H,21,22). The van der Waals surface area contributed by atoms with Crippen molar-refractivity contribution >= 4 is 17.6 Å². The number of carbonyl (C=O) groups is 2. The van der Waals surface area contributed by atoms with Crippen LogP contribution in [0.4, 0.5) is 18.9 Å². The molecule has 0 unspecified atom stereocenters. The molecule has 0 atom stereocenters. The quantitative estimate of drug-likeness (QED) is 0.934. The number of rotatable bonds is 4. The minimum atomic E-state index is -5.06. The molecule has 0 fully saturated rings. The Hall–Kier alpha value is -2.84. The van der Waals surface area contributed by atoms with Crippen LogP contribution >= 0.6 is 0 Å². The average Bonchev–Trinajstić information content (AvgIpc) is 2.88. The molecule has 0 aliphatic heterocycles. The maximum atomic E-state index is 12.8. The highest BCUT2D eigenvalue weighted by molar-refractivity contribution is 5.97. The van der Waals surface area contributed by atoms with Crippen molar-refractivity contribution in [3.05, 3.63) is 48.0 Å². The first kappa shape index (κ1) is 16.5. The summed E-state index contributed by atoms with van der Waals surface area (Å²) in [4.78, 5) is 26.9. The summed E-state index contributed by atoms with van der Waals surface area (Å²) < 4.78 is 39.9. The second-order valence-corrected chi connectivity index (χ2v) is 4.70. The van der Waals surface area contributed by atoms with Crippen molar-refractivity contribution in [3.8, 4) is 0 Å². The maximum absolute atomic E-state index is 12.8. The van der Waals surface area contributed by atoms with Crippen molar-refractivity contribution in [2.24, 2.45) is 7.05 Å². The van der Waals surface area contributed by atoms with Gasteiger partial charge in [-0.15, -0.1) is 0 Å². The number of carbonyl (C=O) groups excluding carboxylic acids is 1. The summed E-state index contributed by atoms with van der Waals surface area (Å²) in [6.07, 6.45) is -2.12. The van der Waals surface area contributed by atoms with Crippen LogP contribution in [0.25, 0.3) is 0 Å². The molecule has 6 nitrogen and oxygen atoms in total. The minimum Gasteiger partial charge on any atom is -0.478 e. The summed E-state index contributed by atoms with van der Waals surface area (Å²) in [6, 6.07) is 4.56. The molecule has 23 heavy (non-hydrogen) atoms. The third-order valence-electron chi connectivity index (χ3n) is 3.13. The molecule has 0 spiro atoms. The van der Waals surface area contributed by atoms with Crippen molar-refractivity contribution in [3.63, 3.8) is 0 Å². The summed E-state index contributed by atoms with van der Waals surface area (Å²) in [5.41, 5.74) is -0.162. The van der Waals surface area contributed by atoms with E-state index in [2.05, 4.69) is 4.98 Å². The molecule has 0 bridgehead atoms. The highest BCUT2D eigenvalue weighted by atomic mass is 19.4. The normalized spacial score (nSPS) is 11.3.